The molecule has 1 amide bonds. The maximum absolute atomic E-state index is 13.1. The first-order chi connectivity index (χ1) is 12.5. The largest absolute Gasteiger partial charge is 0.468 e. The molecule has 0 aliphatic carbocycles. The number of furan rings is 1. The topological polar surface area (TPSA) is 76.4 Å². The molecule has 0 aliphatic heterocycles. The van der Waals surface area contributed by atoms with Gasteiger partial charge in [0.1, 0.15) is 11.0 Å². The highest BCUT2D eigenvalue weighted by molar-refractivity contribution is 7.91. The van der Waals surface area contributed by atoms with Crippen LogP contribution in [-0.4, -0.2) is 20.9 Å². The van der Waals surface area contributed by atoms with Gasteiger partial charge in [-0.25, -0.2) is 8.42 Å². The Morgan fingerprint density at radius 1 is 1.15 bits per heavy atom. The monoisotopic (exact) mass is 389 g/mol. The molecule has 2 aromatic heterocycles. The SMILES string of the molecule is Cc1ccc(S(=O)(=O)C(CNC(=O)Cc2cccs2)c2ccco2)cc1. The van der Waals surface area contributed by atoms with E-state index in [1.165, 1.54) is 17.6 Å². The van der Waals surface area contributed by atoms with Crippen LogP contribution >= 0.6 is 11.3 Å². The first-order valence-corrected chi connectivity index (χ1v) is 10.5. The van der Waals surface area contributed by atoms with Crippen LogP contribution in [-0.2, 0) is 21.1 Å². The molecule has 0 spiro atoms. The number of sulfone groups is 1. The second-order valence-electron chi connectivity index (χ2n) is 5.92. The molecule has 0 aliphatic rings. The standard InChI is InChI=1S/C19H19NO4S2/c1-14-6-8-16(9-7-14)26(22,23)18(17-5-2-10-24-17)13-20-19(21)12-15-4-3-11-25-15/h2-11,18H,12-13H2,1H3,(H,20,21). The van der Waals surface area contributed by atoms with Gasteiger partial charge in [0.15, 0.2) is 9.84 Å². The van der Waals surface area contributed by atoms with E-state index in [1.54, 1.807) is 36.4 Å². The molecular weight excluding hydrogens is 370 g/mol. The van der Waals surface area contributed by atoms with Crippen molar-refractivity contribution in [3.63, 3.8) is 0 Å². The summed E-state index contributed by atoms with van der Waals surface area (Å²) in [6.07, 6.45) is 1.66. The normalized spacial score (nSPS) is 12.7. The molecule has 3 aromatic rings. The van der Waals surface area contributed by atoms with Gasteiger partial charge in [-0.2, -0.15) is 0 Å². The summed E-state index contributed by atoms with van der Waals surface area (Å²) in [5.74, 6) is 0.0881. The van der Waals surface area contributed by atoms with Crippen molar-refractivity contribution >= 4 is 27.1 Å². The van der Waals surface area contributed by atoms with Crippen molar-refractivity contribution in [3.05, 3.63) is 76.4 Å². The van der Waals surface area contributed by atoms with Crippen molar-refractivity contribution in [2.45, 2.75) is 23.5 Å². The van der Waals surface area contributed by atoms with Crippen molar-refractivity contribution in [2.75, 3.05) is 6.54 Å². The molecule has 1 aromatic carbocycles. The van der Waals surface area contributed by atoms with Crippen LogP contribution in [0.25, 0.3) is 0 Å². The van der Waals surface area contributed by atoms with Crippen molar-refractivity contribution in [1.29, 1.82) is 0 Å². The van der Waals surface area contributed by atoms with Crippen molar-refractivity contribution in [3.8, 4) is 0 Å². The molecule has 0 saturated heterocycles. The lowest BCUT2D eigenvalue weighted by Gasteiger charge is -2.17. The smallest absolute Gasteiger partial charge is 0.225 e. The summed E-state index contributed by atoms with van der Waals surface area (Å²) in [5.41, 5.74) is 0.975. The molecule has 3 rings (SSSR count). The predicted octanol–water partition coefficient (Wildman–Crippen LogP) is 3.52. The Hall–Kier alpha value is -2.38. The molecule has 0 fully saturated rings. The Morgan fingerprint density at radius 2 is 1.92 bits per heavy atom. The Balaban J connectivity index is 1.79. The van der Waals surface area contributed by atoms with Crippen LogP contribution in [0, 0.1) is 6.92 Å². The van der Waals surface area contributed by atoms with Gasteiger partial charge >= 0.3 is 0 Å². The fourth-order valence-corrected chi connectivity index (χ4v) is 4.86. The highest BCUT2D eigenvalue weighted by Gasteiger charge is 2.31. The summed E-state index contributed by atoms with van der Waals surface area (Å²) < 4.78 is 31.5. The van der Waals surface area contributed by atoms with Crippen LogP contribution in [0.15, 0.2) is 69.5 Å². The zero-order chi connectivity index (χ0) is 18.6. The van der Waals surface area contributed by atoms with Gasteiger partial charge in [0.2, 0.25) is 5.91 Å². The molecule has 0 bridgehead atoms. The average molecular weight is 389 g/mol. The molecule has 1 unspecified atom stereocenters. The third-order valence-electron chi connectivity index (χ3n) is 3.98. The maximum Gasteiger partial charge on any atom is 0.225 e. The van der Waals surface area contributed by atoms with E-state index in [9.17, 15) is 13.2 Å². The van der Waals surface area contributed by atoms with E-state index >= 15 is 0 Å². The maximum atomic E-state index is 13.1. The number of thiophene rings is 1. The Bertz CT molecular complexity index is 944. The molecule has 5 nitrogen and oxygen atoms in total. The number of carbonyl (C=O) groups excluding carboxylic acids is 1. The van der Waals surface area contributed by atoms with Gasteiger partial charge in [-0.15, -0.1) is 11.3 Å². The molecule has 26 heavy (non-hydrogen) atoms. The third-order valence-corrected chi connectivity index (χ3v) is 6.94. The van der Waals surface area contributed by atoms with E-state index < -0.39 is 15.1 Å². The summed E-state index contributed by atoms with van der Waals surface area (Å²) in [4.78, 5) is 13.3. The number of hydrogen-bond acceptors (Lipinski definition) is 5. The third kappa shape index (κ3) is 4.23. The Labute approximate surface area is 156 Å². The molecule has 7 heteroatoms. The summed E-state index contributed by atoms with van der Waals surface area (Å²) in [6, 6.07) is 13.7. The lowest BCUT2D eigenvalue weighted by molar-refractivity contribution is -0.120. The van der Waals surface area contributed by atoms with Gasteiger partial charge < -0.3 is 9.73 Å². The molecule has 2 heterocycles. The van der Waals surface area contributed by atoms with Crippen molar-refractivity contribution in [1.82, 2.24) is 5.32 Å². The second-order valence-corrected chi connectivity index (χ2v) is 9.09. The Kier molecular flexibility index (Phi) is 5.58. The van der Waals surface area contributed by atoms with E-state index in [1.807, 2.05) is 24.4 Å². The number of nitrogens with one attached hydrogen (secondary N) is 1. The number of hydrogen-bond donors (Lipinski definition) is 1. The minimum atomic E-state index is -3.70. The van der Waals surface area contributed by atoms with Gasteiger partial charge in [-0.3, -0.25) is 4.79 Å². The summed E-state index contributed by atoms with van der Waals surface area (Å²) in [7, 11) is -3.70. The van der Waals surface area contributed by atoms with Crippen LogP contribution in [0.5, 0.6) is 0 Å². The van der Waals surface area contributed by atoms with E-state index in [0.717, 1.165) is 10.4 Å². The van der Waals surface area contributed by atoms with Crippen LogP contribution in [0.3, 0.4) is 0 Å². The lowest BCUT2D eigenvalue weighted by atomic mass is 10.2. The van der Waals surface area contributed by atoms with Crippen LogP contribution < -0.4 is 5.32 Å². The molecular formula is C19H19NO4S2. The number of benzene rings is 1. The van der Waals surface area contributed by atoms with Gasteiger partial charge in [0.25, 0.3) is 0 Å². The number of amides is 1. The quantitative estimate of drug-likeness (QED) is 0.671. The minimum absolute atomic E-state index is 0.0477. The van der Waals surface area contributed by atoms with E-state index in [-0.39, 0.29) is 23.8 Å². The lowest BCUT2D eigenvalue weighted by Crippen LogP contribution is -2.32. The van der Waals surface area contributed by atoms with Gasteiger partial charge in [-0.1, -0.05) is 23.8 Å². The highest BCUT2D eigenvalue weighted by Crippen LogP contribution is 2.29. The highest BCUT2D eigenvalue weighted by atomic mass is 32.2. The average Bonchev–Trinajstić information content (AvgIpc) is 3.29. The minimum Gasteiger partial charge on any atom is -0.468 e. The fraction of sp³-hybridized carbons (Fsp3) is 0.211. The predicted molar refractivity (Wildman–Crippen MR) is 101 cm³/mol. The summed E-state index contributed by atoms with van der Waals surface area (Å²) in [5, 5.41) is 3.64. The second kappa shape index (κ2) is 7.88. The molecule has 136 valence electrons. The zero-order valence-corrected chi connectivity index (χ0v) is 15.8. The van der Waals surface area contributed by atoms with E-state index in [0.29, 0.717) is 5.76 Å². The van der Waals surface area contributed by atoms with E-state index in [4.69, 9.17) is 4.42 Å². The van der Waals surface area contributed by atoms with Crippen molar-refractivity contribution < 1.29 is 17.6 Å². The van der Waals surface area contributed by atoms with Crippen LogP contribution in [0.1, 0.15) is 21.5 Å². The number of rotatable bonds is 7. The number of aryl methyl sites for hydroxylation is 1. The molecule has 1 N–H and O–H groups in total. The van der Waals surface area contributed by atoms with Crippen LogP contribution in [0.2, 0.25) is 0 Å². The Morgan fingerprint density at radius 3 is 2.54 bits per heavy atom. The van der Waals surface area contributed by atoms with Gasteiger partial charge in [0.05, 0.1) is 17.6 Å². The fourth-order valence-electron chi connectivity index (χ4n) is 2.57. The van der Waals surface area contributed by atoms with Gasteiger partial charge in [-0.05, 0) is 42.6 Å². The van der Waals surface area contributed by atoms with Crippen LogP contribution in [0.4, 0.5) is 0 Å². The zero-order valence-electron chi connectivity index (χ0n) is 14.2. The first-order valence-electron chi connectivity index (χ1n) is 8.10. The van der Waals surface area contributed by atoms with Gasteiger partial charge in [0, 0.05) is 11.4 Å². The summed E-state index contributed by atoms with van der Waals surface area (Å²) in [6.45, 7) is 1.85. The van der Waals surface area contributed by atoms with Crippen molar-refractivity contribution in [2.24, 2.45) is 0 Å². The molecule has 0 radical (unpaired) electrons. The van der Waals surface area contributed by atoms with E-state index in [2.05, 4.69) is 5.32 Å². The number of carbonyl (C=O) groups is 1. The molecule has 1 atom stereocenters. The molecule has 0 saturated carbocycles. The first kappa shape index (κ1) is 18.4. The summed E-state index contributed by atoms with van der Waals surface area (Å²) >= 11 is 1.49.